The Kier molecular flexibility index (Phi) is 4.33. The summed E-state index contributed by atoms with van der Waals surface area (Å²) in [7, 11) is 0. The number of H-pyrrole nitrogens is 1. The lowest BCUT2D eigenvalue weighted by Gasteiger charge is -2.33. The molecular weight excluding hydrogens is 281 g/mol. The Hall–Kier alpha value is -1.25. The number of alkyl halides is 3. The minimum absolute atomic E-state index is 0.0692. The summed E-state index contributed by atoms with van der Waals surface area (Å²) >= 11 is 1.14. The van der Waals surface area contributed by atoms with Crippen molar-refractivity contribution in [2.75, 3.05) is 18.8 Å². The number of hydrogen-bond donors (Lipinski definition) is 1. The summed E-state index contributed by atoms with van der Waals surface area (Å²) in [5, 5.41) is 6.69. The summed E-state index contributed by atoms with van der Waals surface area (Å²) in [5.74, 6) is -1.63. The van der Waals surface area contributed by atoms with E-state index in [9.17, 15) is 18.0 Å². The molecule has 1 saturated heterocycles. The van der Waals surface area contributed by atoms with Gasteiger partial charge in [-0.05, 0) is 12.8 Å². The molecule has 0 aromatic carbocycles. The molecule has 1 aromatic heterocycles. The molecule has 1 aliphatic rings. The fourth-order valence-corrected chi connectivity index (χ4v) is 2.64. The average molecular weight is 294 g/mol. The molecule has 5 nitrogen and oxygen atoms in total. The Bertz CT molecular complexity index is 423. The molecule has 0 radical (unpaired) electrons. The van der Waals surface area contributed by atoms with E-state index in [2.05, 4.69) is 15.2 Å². The van der Waals surface area contributed by atoms with Gasteiger partial charge < -0.3 is 4.90 Å². The van der Waals surface area contributed by atoms with Crippen LogP contribution in [0.5, 0.6) is 0 Å². The molecule has 0 saturated carbocycles. The second kappa shape index (κ2) is 5.81. The first-order chi connectivity index (χ1) is 8.97. The van der Waals surface area contributed by atoms with Crippen molar-refractivity contribution in [3.05, 3.63) is 6.33 Å². The monoisotopic (exact) mass is 294 g/mol. The van der Waals surface area contributed by atoms with Crippen LogP contribution < -0.4 is 0 Å². The molecule has 9 heteroatoms. The van der Waals surface area contributed by atoms with Crippen LogP contribution in [0.25, 0.3) is 0 Å². The van der Waals surface area contributed by atoms with Crippen molar-refractivity contribution in [2.24, 2.45) is 5.92 Å². The summed E-state index contributed by atoms with van der Waals surface area (Å²) in [6.07, 6.45) is -2.42. The topological polar surface area (TPSA) is 61.9 Å². The van der Waals surface area contributed by atoms with Gasteiger partial charge in [-0.25, -0.2) is 4.98 Å². The number of amides is 1. The van der Waals surface area contributed by atoms with E-state index in [0.717, 1.165) is 11.8 Å². The van der Waals surface area contributed by atoms with Crippen LogP contribution in [-0.4, -0.2) is 51.0 Å². The third-order valence-corrected chi connectivity index (χ3v) is 3.82. The van der Waals surface area contributed by atoms with Gasteiger partial charge in [0.2, 0.25) is 5.91 Å². The molecule has 1 aromatic rings. The van der Waals surface area contributed by atoms with Crippen LogP contribution in [0.1, 0.15) is 12.8 Å². The smallest absolute Gasteiger partial charge is 0.341 e. The molecule has 19 heavy (non-hydrogen) atoms. The van der Waals surface area contributed by atoms with Crippen molar-refractivity contribution < 1.29 is 18.0 Å². The second-order valence-corrected chi connectivity index (χ2v) is 5.26. The molecule has 1 atom stereocenters. The third-order valence-electron chi connectivity index (χ3n) is 2.96. The van der Waals surface area contributed by atoms with Crippen molar-refractivity contribution in [3.8, 4) is 0 Å². The third kappa shape index (κ3) is 3.85. The van der Waals surface area contributed by atoms with E-state index in [4.69, 9.17) is 0 Å². The zero-order valence-electron chi connectivity index (χ0n) is 9.98. The van der Waals surface area contributed by atoms with E-state index in [0.29, 0.717) is 18.1 Å². The second-order valence-electron chi connectivity index (χ2n) is 4.30. The quantitative estimate of drug-likeness (QED) is 0.862. The first-order valence-corrected chi connectivity index (χ1v) is 6.78. The Morgan fingerprint density at radius 3 is 3.00 bits per heavy atom. The van der Waals surface area contributed by atoms with E-state index in [1.165, 1.54) is 11.2 Å². The number of nitrogens with zero attached hydrogens (tertiary/aromatic N) is 3. The SMILES string of the molecule is O=C(CSc1ncn[nH]1)N1CCC[C@H](C(F)(F)F)C1. The number of carbonyl (C=O) groups excluding carboxylic acids is 1. The number of rotatable bonds is 3. The predicted octanol–water partition coefficient (Wildman–Crippen LogP) is 1.70. The van der Waals surface area contributed by atoms with Gasteiger partial charge in [-0.3, -0.25) is 9.89 Å². The lowest BCUT2D eigenvalue weighted by atomic mass is 9.97. The summed E-state index contributed by atoms with van der Waals surface area (Å²) in [6, 6.07) is 0. The molecule has 2 heterocycles. The highest BCUT2D eigenvalue weighted by Crippen LogP contribution is 2.33. The Morgan fingerprint density at radius 1 is 1.58 bits per heavy atom. The van der Waals surface area contributed by atoms with Gasteiger partial charge in [0.1, 0.15) is 6.33 Å². The van der Waals surface area contributed by atoms with Gasteiger partial charge in [0.25, 0.3) is 0 Å². The van der Waals surface area contributed by atoms with Gasteiger partial charge in [0.15, 0.2) is 5.16 Å². The highest BCUT2D eigenvalue weighted by Gasteiger charge is 2.42. The molecule has 1 fully saturated rings. The molecule has 0 unspecified atom stereocenters. The van der Waals surface area contributed by atoms with Crippen LogP contribution in [-0.2, 0) is 4.79 Å². The lowest BCUT2D eigenvalue weighted by molar-refractivity contribution is -0.187. The van der Waals surface area contributed by atoms with Crippen molar-refractivity contribution >= 4 is 17.7 Å². The normalized spacial score (nSPS) is 20.6. The summed E-state index contributed by atoms with van der Waals surface area (Å²) in [5.41, 5.74) is 0. The van der Waals surface area contributed by atoms with Gasteiger partial charge in [-0.2, -0.15) is 18.3 Å². The summed E-state index contributed by atoms with van der Waals surface area (Å²) in [6.45, 7) is 0.154. The maximum atomic E-state index is 12.6. The number of nitrogens with one attached hydrogen (secondary N) is 1. The summed E-state index contributed by atoms with van der Waals surface area (Å²) in [4.78, 5) is 17.0. The number of thioether (sulfide) groups is 1. The number of aromatic nitrogens is 3. The van der Waals surface area contributed by atoms with E-state index in [1.54, 1.807) is 0 Å². The highest BCUT2D eigenvalue weighted by atomic mass is 32.2. The van der Waals surface area contributed by atoms with Gasteiger partial charge in [0.05, 0.1) is 11.7 Å². The minimum Gasteiger partial charge on any atom is -0.341 e. The van der Waals surface area contributed by atoms with E-state index in [1.807, 2.05) is 0 Å². The van der Waals surface area contributed by atoms with Crippen LogP contribution in [0.3, 0.4) is 0 Å². The molecule has 1 amide bonds. The zero-order chi connectivity index (χ0) is 13.9. The van der Waals surface area contributed by atoms with Gasteiger partial charge in [-0.15, -0.1) is 0 Å². The highest BCUT2D eigenvalue weighted by molar-refractivity contribution is 7.99. The Labute approximate surface area is 112 Å². The van der Waals surface area contributed by atoms with E-state index in [-0.39, 0.29) is 24.6 Å². The number of likely N-dealkylation sites (tertiary alicyclic amines) is 1. The van der Waals surface area contributed by atoms with Gasteiger partial charge in [-0.1, -0.05) is 11.8 Å². The standard InChI is InChI=1S/C10H13F3N4OS/c11-10(12,13)7-2-1-3-17(4-7)8(18)5-19-9-14-6-15-16-9/h6-7H,1-5H2,(H,14,15,16)/t7-/m0/s1. The molecule has 0 spiro atoms. The molecule has 2 rings (SSSR count). The number of piperidine rings is 1. The Balaban J connectivity index is 1.85. The first kappa shape index (κ1) is 14.2. The maximum Gasteiger partial charge on any atom is 0.393 e. The fraction of sp³-hybridized carbons (Fsp3) is 0.700. The number of hydrogen-bond acceptors (Lipinski definition) is 4. The molecule has 1 N–H and O–H groups in total. The lowest BCUT2D eigenvalue weighted by Crippen LogP contribution is -2.45. The zero-order valence-corrected chi connectivity index (χ0v) is 10.8. The fourth-order valence-electron chi connectivity index (χ4n) is 1.96. The molecular formula is C10H13F3N4OS. The number of carbonyl (C=O) groups is 1. The maximum absolute atomic E-state index is 12.6. The van der Waals surface area contributed by atoms with Crippen LogP contribution in [0.15, 0.2) is 11.5 Å². The van der Waals surface area contributed by atoms with Crippen LogP contribution in [0.2, 0.25) is 0 Å². The first-order valence-electron chi connectivity index (χ1n) is 5.79. The van der Waals surface area contributed by atoms with Crippen molar-refractivity contribution in [1.82, 2.24) is 20.1 Å². The number of halogens is 3. The van der Waals surface area contributed by atoms with Crippen molar-refractivity contribution in [3.63, 3.8) is 0 Å². The van der Waals surface area contributed by atoms with Crippen LogP contribution in [0.4, 0.5) is 13.2 Å². The Morgan fingerprint density at radius 2 is 2.37 bits per heavy atom. The number of aromatic amines is 1. The minimum atomic E-state index is -4.23. The predicted molar refractivity (Wildman–Crippen MR) is 62.5 cm³/mol. The summed E-state index contributed by atoms with van der Waals surface area (Å²) < 4.78 is 37.9. The molecule has 0 bridgehead atoms. The largest absolute Gasteiger partial charge is 0.393 e. The van der Waals surface area contributed by atoms with Crippen molar-refractivity contribution in [1.29, 1.82) is 0 Å². The van der Waals surface area contributed by atoms with Crippen molar-refractivity contribution in [2.45, 2.75) is 24.2 Å². The molecule has 0 aliphatic carbocycles. The van der Waals surface area contributed by atoms with Gasteiger partial charge >= 0.3 is 6.18 Å². The molecule has 106 valence electrons. The van der Waals surface area contributed by atoms with E-state index >= 15 is 0 Å². The van der Waals surface area contributed by atoms with Crippen LogP contribution >= 0.6 is 11.8 Å². The van der Waals surface area contributed by atoms with E-state index < -0.39 is 12.1 Å². The van der Waals surface area contributed by atoms with Gasteiger partial charge in [0, 0.05) is 13.1 Å². The molecule has 1 aliphatic heterocycles. The van der Waals surface area contributed by atoms with Crippen LogP contribution in [0, 0.1) is 5.92 Å². The average Bonchev–Trinajstić information content (AvgIpc) is 2.88.